The molecule has 3 aromatic carbocycles. The van der Waals surface area contributed by atoms with Crippen molar-refractivity contribution in [2.45, 2.75) is 119 Å². The van der Waals surface area contributed by atoms with Gasteiger partial charge >= 0.3 is 251 Å². The molecule has 3 nitrogen and oxygen atoms in total. The molecule has 0 aromatic heterocycles. The first-order valence-electron chi connectivity index (χ1n) is 15.1. The van der Waals surface area contributed by atoms with E-state index in [1.54, 1.807) is 0 Å². The van der Waals surface area contributed by atoms with Crippen LogP contribution in [0, 0.1) is 7.43 Å². The van der Waals surface area contributed by atoms with E-state index < -0.39 is 16.2 Å². The molecule has 0 bridgehead atoms. The Kier molecular flexibility index (Phi) is 13.0. The van der Waals surface area contributed by atoms with E-state index in [1.807, 2.05) is 0 Å². The molecule has 0 saturated heterocycles. The van der Waals surface area contributed by atoms with Gasteiger partial charge in [0.05, 0.1) is 0 Å². The van der Waals surface area contributed by atoms with Crippen LogP contribution in [0.15, 0.2) is 65.3 Å². The molecule has 0 atom stereocenters. The van der Waals surface area contributed by atoms with Gasteiger partial charge in [-0.2, -0.15) is 0 Å². The third-order valence-corrected chi connectivity index (χ3v) is 11.0. The summed E-state index contributed by atoms with van der Waals surface area (Å²) < 4.78 is 16.9. The van der Waals surface area contributed by atoms with Gasteiger partial charge in [-0.3, -0.25) is 0 Å². The van der Waals surface area contributed by atoms with Gasteiger partial charge in [-0.1, -0.05) is 0 Å². The first-order valence-corrected chi connectivity index (χ1v) is 18.7. The molecule has 0 radical (unpaired) electrons. The van der Waals surface area contributed by atoms with E-state index in [4.69, 9.17) is 10.7 Å². The molecule has 0 unspecified atom stereocenters. The van der Waals surface area contributed by atoms with Crippen LogP contribution in [0.5, 0.6) is 0 Å². The van der Waals surface area contributed by atoms with Crippen molar-refractivity contribution in [2.24, 2.45) is 10.7 Å². The summed E-state index contributed by atoms with van der Waals surface area (Å²) in [7, 11) is 0. The molecule has 0 aliphatic heterocycles. The van der Waals surface area contributed by atoms with E-state index in [0.29, 0.717) is 35.5 Å². The van der Waals surface area contributed by atoms with Crippen LogP contribution in [0.3, 0.4) is 0 Å². The van der Waals surface area contributed by atoms with Gasteiger partial charge in [0.25, 0.3) is 0 Å². The summed E-state index contributed by atoms with van der Waals surface area (Å²) in [5.74, 6) is 2.27. The molecule has 0 saturated carbocycles. The minimum atomic E-state index is -3.08. The Labute approximate surface area is 257 Å². The van der Waals surface area contributed by atoms with E-state index >= 15 is 0 Å². The Hall–Kier alpha value is -2.28. The van der Waals surface area contributed by atoms with Crippen LogP contribution < -0.4 is 0 Å². The molecule has 41 heavy (non-hydrogen) atoms. The largest absolute Gasteiger partial charge is 0.358 e. The minimum absolute atomic E-state index is 0. The van der Waals surface area contributed by atoms with Crippen LogP contribution >= 0.6 is 0 Å². The van der Waals surface area contributed by atoms with Gasteiger partial charge in [0, 0.05) is 0 Å². The quantitative estimate of drug-likeness (QED) is 0.197. The normalized spacial score (nSPS) is 11.6. The monoisotopic (exact) mass is 727 g/mol. The van der Waals surface area contributed by atoms with Crippen molar-refractivity contribution in [3.8, 4) is 0 Å². The first kappa shape index (κ1) is 34.9. The number of benzene rings is 3. The number of hydrogen-bond acceptors (Lipinski definition) is 3. The molecule has 3 rings (SSSR count). The Morgan fingerprint density at radius 1 is 0.366 bits per heavy atom. The van der Waals surface area contributed by atoms with Gasteiger partial charge in [0.2, 0.25) is 0 Å². The average molecular weight is 727 g/mol. The van der Waals surface area contributed by atoms with Gasteiger partial charge < -0.3 is 7.43 Å². The predicted molar refractivity (Wildman–Crippen MR) is 177 cm³/mol. The van der Waals surface area contributed by atoms with Crippen molar-refractivity contribution < 1.29 is 16.2 Å². The number of nitrogens with zero attached hydrogens (tertiary/aromatic N) is 3. The van der Waals surface area contributed by atoms with Crippen LogP contribution in [0.2, 0.25) is 0 Å². The van der Waals surface area contributed by atoms with Crippen molar-refractivity contribution in [2.75, 3.05) is 0 Å². The van der Waals surface area contributed by atoms with Crippen LogP contribution in [-0.2, 0) is 16.2 Å². The molecule has 0 spiro atoms. The van der Waals surface area contributed by atoms with Crippen LogP contribution in [0.1, 0.15) is 152 Å². The second kappa shape index (κ2) is 15.3. The zero-order chi connectivity index (χ0) is 29.7. The van der Waals surface area contributed by atoms with E-state index in [9.17, 15) is 0 Å². The third-order valence-electron chi connectivity index (χ3n) is 7.51. The summed E-state index contributed by atoms with van der Waals surface area (Å²) in [4.78, 5) is 0. The van der Waals surface area contributed by atoms with Crippen LogP contribution in [0.25, 0.3) is 0 Å². The maximum atomic E-state index is 5.65. The Morgan fingerprint density at radius 3 is 0.683 bits per heavy atom. The Morgan fingerprint density at radius 2 is 0.537 bits per heavy atom. The van der Waals surface area contributed by atoms with Crippen molar-refractivity contribution in [3.63, 3.8) is 0 Å². The average Bonchev–Trinajstić information content (AvgIpc) is 2.88. The van der Waals surface area contributed by atoms with E-state index in [0.717, 1.165) is 17.1 Å². The fourth-order valence-electron chi connectivity index (χ4n) is 5.11. The van der Waals surface area contributed by atoms with Gasteiger partial charge in [0.1, 0.15) is 0 Å². The Balaban J connectivity index is 0.00000588. The topological polar surface area (TPSA) is 37.1 Å². The summed E-state index contributed by atoms with van der Waals surface area (Å²) in [6, 6.07) is 20.1. The van der Waals surface area contributed by atoms with Crippen LogP contribution in [0.4, 0.5) is 17.1 Å². The zero-order valence-electron chi connectivity index (χ0n) is 27.9. The molecule has 225 valence electrons. The smallest absolute Gasteiger partial charge is 0.358 e. The number of rotatable bonds is 9. The van der Waals surface area contributed by atoms with Crippen molar-refractivity contribution in [3.05, 3.63) is 95.4 Å². The summed E-state index contributed by atoms with van der Waals surface area (Å²) in [5, 5.41) is 0. The number of hydrogen-bond donors (Lipinski definition) is 0. The molecular formula is C37H54N3Re-. The Bertz CT molecular complexity index is 1210. The summed E-state index contributed by atoms with van der Waals surface area (Å²) in [5.41, 5.74) is 11.2. The molecule has 3 aromatic rings. The van der Waals surface area contributed by atoms with Crippen molar-refractivity contribution in [1.29, 1.82) is 0 Å². The molecule has 0 heterocycles. The third kappa shape index (κ3) is 8.40. The van der Waals surface area contributed by atoms with Gasteiger partial charge in [-0.05, 0) is 0 Å². The van der Waals surface area contributed by atoms with Gasteiger partial charge in [0.15, 0.2) is 0 Å². The summed E-state index contributed by atoms with van der Waals surface area (Å²) in [6.07, 6.45) is 0. The fraction of sp³-hybridized carbons (Fsp3) is 0.486. The van der Waals surface area contributed by atoms with E-state index in [2.05, 4.69) is 138 Å². The van der Waals surface area contributed by atoms with Crippen molar-refractivity contribution >= 4 is 17.1 Å². The first-order chi connectivity index (χ1) is 18.8. The molecule has 0 aliphatic carbocycles. The SMILES string of the molecule is CC(C)c1cccc(C(C)C)c1[N]=[Re](=[N]c1c(C(C)C)cccc1C(C)C)=[N]c1c(C(C)C)cccc1C(C)C.[CH3-]. The molecule has 4 heteroatoms. The predicted octanol–water partition coefficient (Wildman–Crippen LogP) is 13.3. The summed E-state index contributed by atoms with van der Waals surface area (Å²) >= 11 is -3.08. The maximum Gasteiger partial charge on any atom is -0.358 e. The molecule has 0 amide bonds. The molecule has 0 fully saturated rings. The van der Waals surface area contributed by atoms with Gasteiger partial charge in [-0.15, -0.1) is 0 Å². The standard InChI is InChI=1S/3C12H17N.CH3.Re/c3*1-8(2)10-6-5-7-11(9(3)4)12(10)13;;/h3*5-9H,1-4H3;1H3;/q;;;-1;. The van der Waals surface area contributed by atoms with E-state index in [1.165, 1.54) is 33.4 Å². The van der Waals surface area contributed by atoms with E-state index in [-0.39, 0.29) is 7.43 Å². The fourth-order valence-corrected chi connectivity index (χ4v) is 9.25. The maximum absolute atomic E-state index is 5.65. The molecule has 0 N–H and O–H groups in total. The molecular weight excluding hydrogens is 673 g/mol. The second-order valence-electron chi connectivity index (χ2n) is 12.8. The van der Waals surface area contributed by atoms with Crippen molar-refractivity contribution in [1.82, 2.24) is 0 Å². The molecule has 0 aliphatic rings. The summed E-state index contributed by atoms with van der Waals surface area (Å²) in [6.45, 7) is 27.2. The second-order valence-corrected chi connectivity index (χ2v) is 16.2. The van der Waals surface area contributed by atoms with Gasteiger partial charge in [-0.25, -0.2) is 0 Å². The van der Waals surface area contributed by atoms with Crippen LogP contribution in [-0.4, -0.2) is 0 Å². The zero-order valence-corrected chi connectivity index (χ0v) is 30.6. The minimum Gasteiger partial charge on any atom is -0.358 e.